The smallest absolute Gasteiger partial charge is 0.344 e. The molecule has 2 aromatic carbocycles. The summed E-state index contributed by atoms with van der Waals surface area (Å²) in [5.74, 6) is -0.451. The van der Waals surface area contributed by atoms with E-state index in [2.05, 4.69) is 10.4 Å². The Morgan fingerprint density at radius 3 is 2.53 bits per heavy atom. The van der Waals surface area contributed by atoms with Crippen LogP contribution in [0.1, 0.15) is 38.2 Å². The van der Waals surface area contributed by atoms with E-state index >= 15 is 0 Å². The Labute approximate surface area is 186 Å². The van der Waals surface area contributed by atoms with Crippen LogP contribution in [0.4, 0.5) is 5.69 Å². The van der Waals surface area contributed by atoms with E-state index in [1.165, 1.54) is 19.8 Å². The third kappa shape index (κ3) is 6.51. The molecule has 6 nitrogen and oxygen atoms in total. The molecule has 3 rings (SSSR count). The van der Waals surface area contributed by atoms with Crippen LogP contribution in [0.25, 0.3) is 0 Å². The SMILES string of the molecule is CC(Oc1ccc(CN(CONc2ccc(Cl)cc2Cl)C2CCCC2)cc1)C(=O)O. The predicted octanol–water partition coefficient (Wildman–Crippen LogP) is 5.59. The average molecular weight is 453 g/mol. The molecule has 1 unspecified atom stereocenters. The molecule has 0 saturated heterocycles. The summed E-state index contributed by atoms with van der Waals surface area (Å²) in [6.07, 6.45) is 3.84. The van der Waals surface area contributed by atoms with Gasteiger partial charge in [0.15, 0.2) is 6.10 Å². The van der Waals surface area contributed by atoms with Gasteiger partial charge in [0.2, 0.25) is 0 Å². The summed E-state index contributed by atoms with van der Waals surface area (Å²) in [5.41, 5.74) is 4.68. The zero-order valence-electron chi connectivity index (χ0n) is 16.8. The highest BCUT2D eigenvalue weighted by Crippen LogP contribution is 2.27. The first kappa shape index (κ1) is 22.7. The maximum Gasteiger partial charge on any atom is 0.344 e. The molecule has 1 aliphatic rings. The summed E-state index contributed by atoms with van der Waals surface area (Å²) in [7, 11) is 0. The number of ether oxygens (including phenoxy) is 1. The van der Waals surface area contributed by atoms with E-state index in [0.717, 1.165) is 24.9 Å². The molecule has 0 aromatic heterocycles. The predicted molar refractivity (Wildman–Crippen MR) is 118 cm³/mol. The number of benzene rings is 2. The number of rotatable bonds is 10. The fraction of sp³-hybridized carbons (Fsp3) is 0.409. The molecule has 0 heterocycles. The second-order valence-electron chi connectivity index (χ2n) is 7.43. The Balaban J connectivity index is 1.59. The Hall–Kier alpha value is -1.99. The van der Waals surface area contributed by atoms with Crippen molar-refractivity contribution >= 4 is 34.9 Å². The Morgan fingerprint density at radius 1 is 1.20 bits per heavy atom. The van der Waals surface area contributed by atoms with Gasteiger partial charge in [-0.15, -0.1) is 0 Å². The zero-order valence-corrected chi connectivity index (χ0v) is 18.3. The van der Waals surface area contributed by atoms with Crippen molar-refractivity contribution in [1.29, 1.82) is 0 Å². The number of halogens is 2. The minimum atomic E-state index is -0.989. The second-order valence-corrected chi connectivity index (χ2v) is 8.27. The first-order valence-electron chi connectivity index (χ1n) is 9.97. The van der Waals surface area contributed by atoms with Crippen molar-refractivity contribution in [2.24, 2.45) is 0 Å². The highest BCUT2D eigenvalue weighted by Gasteiger charge is 2.23. The van der Waals surface area contributed by atoms with Crippen LogP contribution in [-0.2, 0) is 16.2 Å². The van der Waals surface area contributed by atoms with Crippen LogP contribution in [0.15, 0.2) is 42.5 Å². The molecule has 1 aliphatic carbocycles. The Bertz CT molecular complexity index is 842. The normalized spacial score (nSPS) is 15.3. The largest absolute Gasteiger partial charge is 0.479 e. The number of carbonyl (C=O) groups is 1. The summed E-state index contributed by atoms with van der Waals surface area (Å²) in [6.45, 7) is 2.63. The van der Waals surface area contributed by atoms with Crippen molar-refractivity contribution in [3.8, 4) is 5.75 Å². The topological polar surface area (TPSA) is 71.0 Å². The molecule has 0 spiro atoms. The molecule has 30 heavy (non-hydrogen) atoms. The molecule has 0 amide bonds. The van der Waals surface area contributed by atoms with Crippen molar-refractivity contribution in [3.05, 3.63) is 58.1 Å². The van der Waals surface area contributed by atoms with Crippen LogP contribution in [0.2, 0.25) is 10.0 Å². The number of nitrogens with zero attached hydrogens (tertiary/aromatic N) is 1. The molecule has 1 saturated carbocycles. The molecular weight excluding hydrogens is 427 g/mol. The first-order valence-corrected chi connectivity index (χ1v) is 10.7. The van der Waals surface area contributed by atoms with E-state index < -0.39 is 12.1 Å². The van der Waals surface area contributed by atoms with Crippen LogP contribution in [-0.4, -0.2) is 34.9 Å². The van der Waals surface area contributed by atoms with Crippen molar-refractivity contribution in [2.45, 2.75) is 51.3 Å². The van der Waals surface area contributed by atoms with Crippen molar-refractivity contribution in [1.82, 2.24) is 4.90 Å². The van der Waals surface area contributed by atoms with Gasteiger partial charge in [-0.1, -0.05) is 48.2 Å². The number of hydrogen-bond acceptors (Lipinski definition) is 5. The summed E-state index contributed by atoms with van der Waals surface area (Å²) in [6, 6.07) is 13.2. The van der Waals surface area contributed by atoms with E-state index in [-0.39, 0.29) is 0 Å². The second kappa shape index (κ2) is 10.9. The number of carboxylic acid groups (broad SMARTS) is 1. The molecule has 0 radical (unpaired) electrons. The van der Waals surface area contributed by atoms with Gasteiger partial charge in [0.1, 0.15) is 12.5 Å². The minimum Gasteiger partial charge on any atom is -0.479 e. The molecule has 0 bridgehead atoms. The summed E-state index contributed by atoms with van der Waals surface area (Å²) in [5, 5.41) is 10.0. The lowest BCUT2D eigenvalue weighted by Crippen LogP contribution is -2.35. The van der Waals surface area contributed by atoms with Crippen LogP contribution in [0.3, 0.4) is 0 Å². The lowest BCUT2D eigenvalue weighted by Gasteiger charge is -2.28. The lowest BCUT2D eigenvalue weighted by molar-refractivity contribution is -0.144. The van der Waals surface area contributed by atoms with E-state index in [4.69, 9.17) is 37.9 Å². The van der Waals surface area contributed by atoms with Gasteiger partial charge in [0.25, 0.3) is 0 Å². The van der Waals surface area contributed by atoms with E-state index in [1.54, 1.807) is 30.3 Å². The molecule has 2 N–H and O–H groups in total. The number of nitrogens with one attached hydrogen (secondary N) is 1. The van der Waals surface area contributed by atoms with Gasteiger partial charge in [0.05, 0.1) is 10.7 Å². The van der Waals surface area contributed by atoms with Crippen molar-refractivity contribution < 1.29 is 19.5 Å². The number of aliphatic carboxylic acids is 1. The van der Waals surface area contributed by atoms with Gasteiger partial charge in [-0.2, -0.15) is 0 Å². The molecule has 1 fully saturated rings. The zero-order chi connectivity index (χ0) is 21.5. The highest BCUT2D eigenvalue weighted by atomic mass is 35.5. The standard InChI is InChI=1S/C22H26Cl2N2O4/c1-15(22(27)28)30-19-9-6-16(7-10-19)13-26(18-4-2-3-5-18)14-29-25-21-11-8-17(23)12-20(21)24/h6-12,15,18,25H,2-5,13-14H2,1H3,(H,27,28). The third-order valence-corrected chi connectivity index (χ3v) is 5.70. The Kier molecular flexibility index (Phi) is 8.22. The highest BCUT2D eigenvalue weighted by molar-refractivity contribution is 6.36. The molecule has 162 valence electrons. The summed E-state index contributed by atoms with van der Waals surface area (Å²) < 4.78 is 5.40. The lowest BCUT2D eigenvalue weighted by atomic mass is 10.1. The van der Waals surface area contributed by atoms with E-state index in [1.807, 2.05) is 12.1 Å². The molecule has 0 aliphatic heterocycles. The van der Waals surface area contributed by atoms with Crippen LogP contribution < -0.4 is 10.2 Å². The minimum absolute atomic E-state index is 0.401. The fourth-order valence-electron chi connectivity index (χ4n) is 3.48. The molecule has 2 aromatic rings. The Morgan fingerprint density at radius 2 is 1.90 bits per heavy atom. The van der Waals surface area contributed by atoms with Crippen molar-refractivity contribution in [3.63, 3.8) is 0 Å². The number of hydrogen-bond donors (Lipinski definition) is 2. The first-order chi connectivity index (χ1) is 14.4. The summed E-state index contributed by atoms with van der Waals surface area (Å²) >= 11 is 12.1. The maximum absolute atomic E-state index is 10.9. The summed E-state index contributed by atoms with van der Waals surface area (Å²) in [4.78, 5) is 19.0. The van der Waals surface area contributed by atoms with E-state index in [0.29, 0.717) is 34.3 Å². The van der Waals surface area contributed by atoms with Crippen LogP contribution >= 0.6 is 23.2 Å². The van der Waals surface area contributed by atoms with Crippen LogP contribution in [0.5, 0.6) is 5.75 Å². The fourth-order valence-corrected chi connectivity index (χ4v) is 3.92. The third-order valence-electron chi connectivity index (χ3n) is 5.15. The van der Waals surface area contributed by atoms with Gasteiger partial charge in [-0.25, -0.2) is 4.79 Å². The molecule has 1 atom stereocenters. The van der Waals surface area contributed by atoms with Crippen LogP contribution in [0, 0.1) is 0 Å². The van der Waals surface area contributed by atoms with Gasteiger partial charge >= 0.3 is 5.97 Å². The quantitative estimate of drug-likeness (QED) is 0.361. The molecule has 8 heteroatoms. The number of carboxylic acids is 1. The van der Waals surface area contributed by atoms with Gasteiger partial charge in [-0.05, 0) is 55.7 Å². The monoisotopic (exact) mass is 452 g/mol. The van der Waals surface area contributed by atoms with Gasteiger partial charge < -0.3 is 9.84 Å². The van der Waals surface area contributed by atoms with E-state index in [9.17, 15) is 4.79 Å². The van der Waals surface area contributed by atoms with Crippen molar-refractivity contribution in [2.75, 3.05) is 12.2 Å². The maximum atomic E-state index is 10.9. The molecular formula is C22H26Cl2N2O4. The van der Waals surface area contributed by atoms with Gasteiger partial charge in [0, 0.05) is 17.6 Å². The van der Waals surface area contributed by atoms with Gasteiger partial charge in [-0.3, -0.25) is 15.2 Å². The average Bonchev–Trinajstić information content (AvgIpc) is 3.25. The number of anilines is 1.